The zero-order valence-corrected chi connectivity index (χ0v) is 15.4. The maximum atomic E-state index is 12.9. The number of hydroxylamine groups is 1. The van der Waals surface area contributed by atoms with Crippen LogP contribution in [0.4, 0.5) is 5.13 Å². The molecule has 9 nitrogen and oxygen atoms in total. The fourth-order valence-corrected chi connectivity index (χ4v) is 3.61. The predicted octanol–water partition coefficient (Wildman–Crippen LogP) is 0.745. The van der Waals surface area contributed by atoms with Gasteiger partial charge in [0.1, 0.15) is 12.1 Å². The van der Waals surface area contributed by atoms with Gasteiger partial charge in [0.15, 0.2) is 5.13 Å². The molecule has 1 fully saturated rings. The molecular weight excluding hydrogens is 360 g/mol. The average molecular weight is 384 g/mol. The fourth-order valence-electron chi connectivity index (χ4n) is 3.08. The number of aliphatic hydroxyl groups excluding tert-OH is 1. The highest BCUT2D eigenvalue weighted by atomic mass is 32.1. The number of hydrogen-bond donors (Lipinski definition) is 4. The summed E-state index contributed by atoms with van der Waals surface area (Å²) in [5.74, 6) is -2.81. The minimum Gasteiger partial charge on any atom is -0.382 e. The third-order valence-corrected chi connectivity index (χ3v) is 5.14. The maximum Gasteiger partial charge on any atom is 0.272 e. The van der Waals surface area contributed by atoms with Gasteiger partial charge in [-0.3, -0.25) is 19.6 Å². The molecule has 0 bridgehead atoms. The van der Waals surface area contributed by atoms with Crippen molar-refractivity contribution < 1.29 is 24.7 Å². The molecule has 4 N–H and O–H groups in total. The quantitative estimate of drug-likeness (QED) is 0.386. The molecule has 0 spiro atoms. The van der Waals surface area contributed by atoms with Crippen molar-refractivity contribution in [1.29, 1.82) is 0 Å². The van der Waals surface area contributed by atoms with Gasteiger partial charge in [-0.05, 0) is 19.3 Å². The van der Waals surface area contributed by atoms with Crippen LogP contribution in [0.3, 0.4) is 0 Å². The molecule has 144 valence electrons. The average Bonchev–Trinajstić information content (AvgIpc) is 3.32. The summed E-state index contributed by atoms with van der Waals surface area (Å²) >= 11 is 1.28. The molecule has 0 aromatic carbocycles. The maximum absolute atomic E-state index is 12.9. The van der Waals surface area contributed by atoms with Crippen molar-refractivity contribution in [3.63, 3.8) is 0 Å². The number of anilines is 1. The molecule has 0 radical (unpaired) electrons. The van der Waals surface area contributed by atoms with Gasteiger partial charge in [0, 0.05) is 18.1 Å². The summed E-state index contributed by atoms with van der Waals surface area (Å²) in [6, 6.07) is -0.667. The smallest absolute Gasteiger partial charge is 0.272 e. The van der Waals surface area contributed by atoms with Crippen LogP contribution >= 0.6 is 11.3 Å². The van der Waals surface area contributed by atoms with Crippen LogP contribution in [-0.2, 0) is 14.4 Å². The van der Waals surface area contributed by atoms with Crippen molar-refractivity contribution in [2.75, 3.05) is 11.9 Å². The first kappa shape index (κ1) is 20.3. The number of carbonyl (C=O) groups excluding carboxylic acids is 3. The van der Waals surface area contributed by atoms with Crippen LogP contribution < -0.4 is 10.8 Å². The van der Waals surface area contributed by atoms with Crippen LogP contribution in [0.25, 0.3) is 0 Å². The first-order chi connectivity index (χ1) is 12.5. The summed E-state index contributed by atoms with van der Waals surface area (Å²) in [6.07, 6.45) is 2.78. The zero-order valence-electron chi connectivity index (χ0n) is 14.6. The van der Waals surface area contributed by atoms with Crippen molar-refractivity contribution in [2.45, 2.75) is 51.2 Å². The normalized spacial score (nSPS) is 19.0. The van der Waals surface area contributed by atoms with Gasteiger partial charge in [-0.2, -0.15) is 0 Å². The monoisotopic (exact) mass is 384 g/mol. The molecule has 0 saturated carbocycles. The van der Waals surface area contributed by atoms with Gasteiger partial charge in [-0.25, -0.2) is 10.5 Å². The highest BCUT2D eigenvalue weighted by Gasteiger charge is 2.41. The Hall–Kier alpha value is -2.04. The number of thiazole rings is 1. The number of aromatic nitrogens is 1. The van der Waals surface area contributed by atoms with E-state index in [-0.39, 0.29) is 5.91 Å². The number of rotatable bonds is 8. The van der Waals surface area contributed by atoms with Crippen molar-refractivity contribution >= 4 is 34.2 Å². The molecule has 1 saturated heterocycles. The fraction of sp³-hybridized carbons (Fsp3) is 0.625. The van der Waals surface area contributed by atoms with E-state index in [9.17, 15) is 19.5 Å². The zero-order chi connectivity index (χ0) is 19.1. The van der Waals surface area contributed by atoms with E-state index in [1.807, 2.05) is 6.92 Å². The Labute approximate surface area is 155 Å². The summed E-state index contributed by atoms with van der Waals surface area (Å²) in [7, 11) is 0. The highest BCUT2D eigenvalue weighted by molar-refractivity contribution is 7.13. The van der Waals surface area contributed by atoms with E-state index in [0.29, 0.717) is 37.4 Å². The molecule has 1 aliphatic heterocycles. The molecule has 3 amide bonds. The van der Waals surface area contributed by atoms with Crippen LogP contribution in [0, 0.1) is 5.92 Å². The van der Waals surface area contributed by atoms with E-state index in [4.69, 9.17) is 5.21 Å². The lowest BCUT2D eigenvalue weighted by atomic mass is 9.93. The molecule has 3 atom stereocenters. The lowest BCUT2D eigenvalue weighted by molar-refractivity contribution is -0.152. The standard InChI is InChI=1S/C16H24N4O5S/c1-2-3-5-10(12(21)14(23)19-25)15(24)20-8-4-6-11(20)13(22)18-16-17-7-9-26-16/h7,9-12,21,25H,2-6,8H2,1H3,(H,19,23)(H,17,18,22)/t10?,11-,12?/m0/s1. The predicted molar refractivity (Wildman–Crippen MR) is 94.4 cm³/mol. The van der Waals surface area contributed by atoms with Crippen molar-refractivity contribution in [1.82, 2.24) is 15.4 Å². The number of hydrogen-bond acceptors (Lipinski definition) is 7. The third-order valence-electron chi connectivity index (χ3n) is 4.45. The number of nitrogens with one attached hydrogen (secondary N) is 2. The number of aliphatic hydroxyl groups is 1. The minimum absolute atomic E-state index is 0.293. The number of unbranched alkanes of at least 4 members (excludes halogenated alkanes) is 1. The van der Waals surface area contributed by atoms with E-state index >= 15 is 0 Å². The Morgan fingerprint density at radius 2 is 2.23 bits per heavy atom. The first-order valence-corrected chi connectivity index (χ1v) is 9.50. The van der Waals surface area contributed by atoms with Crippen LogP contribution in [0.15, 0.2) is 11.6 Å². The summed E-state index contributed by atoms with van der Waals surface area (Å²) in [6.45, 7) is 2.31. The Kier molecular flexibility index (Phi) is 7.49. The third kappa shape index (κ3) is 4.77. The number of nitrogens with zero attached hydrogens (tertiary/aromatic N) is 2. The van der Waals surface area contributed by atoms with Crippen molar-refractivity contribution in [3.05, 3.63) is 11.6 Å². The van der Waals surface area contributed by atoms with E-state index < -0.39 is 29.9 Å². The molecule has 1 aromatic rings. The summed E-state index contributed by atoms with van der Waals surface area (Å²) < 4.78 is 0. The van der Waals surface area contributed by atoms with Crippen molar-refractivity contribution in [2.24, 2.45) is 5.92 Å². The van der Waals surface area contributed by atoms with Gasteiger partial charge in [-0.15, -0.1) is 11.3 Å². The first-order valence-electron chi connectivity index (χ1n) is 8.62. The second-order valence-electron chi connectivity index (χ2n) is 6.19. The lowest BCUT2D eigenvalue weighted by Gasteiger charge is -2.29. The van der Waals surface area contributed by atoms with Gasteiger partial charge < -0.3 is 15.3 Å². The van der Waals surface area contributed by atoms with Gasteiger partial charge in [0.2, 0.25) is 11.8 Å². The SMILES string of the molecule is CCCCC(C(=O)N1CCC[C@H]1C(=O)Nc1nccs1)C(O)C(=O)NO. The molecule has 2 unspecified atom stereocenters. The Morgan fingerprint density at radius 1 is 1.46 bits per heavy atom. The summed E-state index contributed by atoms with van der Waals surface area (Å²) in [5.41, 5.74) is 1.38. The topological polar surface area (TPSA) is 132 Å². The molecular formula is C16H24N4O5S. The van der Waals surface area contributed by atoms with E-state index in [1.165, 1.54) is 21.7 Å². The second kappa shape index (κ2) is 9.60. The van der Waals surface area contributed by atoms with Crippen LogP contribution in [0.5, 0.6) is 0 Å². The Balaban J connectivity index is 2.11. The van der Waals surface area contributed by atoms with E-state index in [1.54, 1.807) is 11.6 Å². The van der Waals surface area contributed by atoms with E-state index in [2.05, 4.69) is 10.3 Å². The summed E-state index contributed by atoms with van der Waals surface area (Å²) in [5, 5.41) is 23.8. The molecule has 10 heteroatoms. The lowest BCUT2D eigenvalue weighted by Crippen LogP contribution is -2.50. The van der Waals surface area contributed by atoms with Gasteiger partial charge in [-0.1, -0.05) is 19.8 Å². The van der Waals surface area contributed by atoms with E-state index in [0.717, 1.165) is 6.42 Å². The Bertz CT molecular complexity index is 624. The van der Waals surface area contributed by atoms with Gasteiger partial charge in [0.25, 0.3) is 5.91 Å². The molecule has 1 aromatic heterocycles. The number of amides is 3. The minimum atomic E-state index is -1.66. The molecule has 2 rings (SSSR count). The molecule has 2 heterocycles. The number of carbonyl (C=O) groups is 3. The van der Waals surface area contributed by atoms with Crippen LogP contribution in [-0.4, -0.2) is 56.6 Å². The van der Waals surface area contributed by atoms with Gasteiger partial charge in [0.05, 0.1) is 5.92 Å². The molecule has 26 heavy (non-hydrogen) atoms. The van der Waals surface area contributed by atoms with Crippen LogP contribution in [0.1, 0.15) is 39.0 Å². The van der Waals surface area contributed by atoms with Crippen molar-refractivity contribution in [3.8, 4) is 0 Å². The summed E-state index contributed by atoms with van der Waals surface area (Å²) in [4.78, 5) is 42.5. The number of likely N-dealkylation sites (tertiary alicyclic amines) is 1. The highest BCUT2D eigenvalue weighted by Crippen LogP contribution is 2.25. The molecule has 0 aliphatic carbocycles. The largest absolute Gasteiger partial charge is 0.382 e. The van der Waals surface area contributed by atoms with Gasteiger partial charge >= 0.3 is 0 Å². The molecule has 1 aliphatic rings. The second-order valence-corrected chi connectivity index (χ2v) is 7.08. The Morgan fingerprint density at radius 3 is 2.85 bits per heavy atom. The van der Waals surface area contributed by atoms with Crippen LogP contribution in [0.2, 0.25) is 0 Å².